The van der Waals surface area contributed by atoms with Gasteiger partial charge in [0.15, 0.2) is 0 Å². The van der Waals surface area contributed by atoms with Crippen LogP contribution in [-0.4, -0.2) is 45.4 Å². The van der Waals surface area contributed by atoms with Crippen LogP contribution in [0.5, 0.6) is 5.75 Å². The van der Waals surface area contributed by atoms with Crippen LogP contribution in [0.4, 0.5) is 0 Å². The second-order valence-corrected chi connectivity index (χ2v) is 9.75. The Morgan fingerprint density at radius 2 is 1.76 bits per heavy atom. The number of hydrogen-bond acceptors (Lipinski definition) is 6. The van der Waals surface area contributed by atoms with E-state index < -0.39 is 21.8 Å². The molecule has 1 aliphatic rings. The van der Waals surface area contributed by atoms with Gasteiger partial charge in [0.05, 0.1) is 25.5 Å². The van der Waals surface area contributed by atoms with Crippen molar-refractivity contribution in [2.45, 2.75) is 43.0 Å². The summed E-state index contributed by atoms with van der Waals surface area (Å²) in [6.45, 7) is 0. The van der Waals surface area contributed by atoms with Gasteiger partial charge in [0.2, 0.25) is 10.0 Å². The number of nitrogens with one attached hydrogen (secondary N) is 2. The zero-order valence-corrected chi connectivity index (χ0v) is 19.3. The quantitative estimate of drug-likeness (QED) is 0.308. The molecule has 0 radical (unpaired) electrons. The van der Waals surface area contributed by atoms with E-state index in [2.05, 4.69) is 14.4 Å². The highest BCUT2D eigenvalue weighted by molar-refractivity contribution is 7.89. The first-order chi connectivity index (χ1) is 15.9. The van der Waals surface area contributed by atoms with Crippen LogP contribution < -0.4 is 9.46 Å². The summed E-state index contributed by atoms with van der Waals surface area (Å²) in [7, 11) is -1.33. The van der Waals surface area contributed by atoms with Gasteiger partial charge in [0.1, 0.15) is 10.6 Å². The Labute approximate surface area is 192 Å². The summed E-state index contributed by atoms with van der Waals surface area (Å²) in [5, 5.41) is 0.545. The molecule has 1 fully saturated rings. The molecule has 0 spiro atoms. The molecule has 1 saturated carbocycles. The number of carbonyl (C=O) groups is 2. The van der Waals surface area contributed by atoms with Crippen LogP contribution in [-0.2, 0) is 19.6 Å². The molecule has 2 aromatic carbocycles. The van der Waals surface area contributed by atoms with Gasteiger partial charge in [0.25, 0.3) is 5.78 Å². The molecule has 0 saturated heterocycles. The summed E-state index contributed by atoms with van der Waals surface area (Å²) in [5.41, 5.74) is 1.54. The minimum absolute atomic E-state index is 0.0248. The summed E-state index contributed by atoms with van der Waals surface area (Å²) < 4.78 is 39.3. The summed E-state index contributed by atoms with van der Waals surface area (Å²) in [4.78, 5) is 28.1. The van der Waals surface area contributed by atoms with Gasteiger partial charge in [0, 0.05) is 22.5 Å². The third-order valence-corrected chi connectivity index (χ3v) is 7.51. The van der Waals surface area contributed by atoms with Crippen molar-refractivity contribution in [3.63, 3.8) is 0 Å². The Balaban J connectivity index is 1.84. The molecule has 3 aromatic rings. The first-order valence-corrected chi connectivity index (χ1v) is 12.3. The van der Waals surface area contributed by atoms with E-state index in [9.17, 15) is 18.0 Å². The minimum atomic E-state index is -3.88. The molecule has 0 bridgehead atoms. The maximum absolute atomic E-state index is 13.3. The van der Waals surface area contributed by atoms with Gasteiger partial charge in [-0.05, 0) is 37.1 Å². The van der Waals surface area contributed by atoms with E-state index in [1.54, 1.807) is 36.4 Å². The fraction of sp³-hybridized carbons (Fsp3) is 0.333. The number of ketones is 1. The van der Waals surface area contributed by atoms with Crippen molar-refractivity contribution in [2.24, 2.45) is 0 Å². The molecule has 1 aliphatic carbocycles. The van der Waals surface area contributed by atoms with E-state index in [-0.39, 0.29) is 22.3 Å². The number of sulfonamides is 1. The lowest BCUT2D eigenvalue weighted by atomic mass is 9.96. The van der Waals surface area contributed by atoms with Crippen LogP contribution in [0.15, 0.2) is 47.4 Å². The number of Topliss-reactive ketones (excluding diaryl/α,β-unsaturated/α-hetero) is 1. The van der Waals surface area contributed by atoms with Crippen LogP contribution in [0.25, 0.3) is 22.2 Å². The number of hydrogen-bond donors (Lipinski definition) is 2. The highest BCUT2D eigenvalue weighted by Gasteiger charge is 2.29. The highest BCUT2D eigenvalue weighted by atomic mass is 32.2. The molecule has 8 nitrogen and oxygen atoms in total. The van der Waals surface area contributed by atoms with Crippen LogP contribution >= 0.6 is 0 Å². The number of H-pyrrole nitrogens is 1. The lowest BCUT2D eigenvalue weighted by molar-refractivity contribution is -0.135. The molecule has 0 unspecified atom stereocenters. The third kappa shape index (κ3) is 4.51. The average molecular weight is 471 g/mol. The number of para-hydroxylation sites is 1. The topological polar surface area (TPSA) is 115 Å². The van der Waals surface area contributed by atoms with Crippen LogP contribution in [0.1, 0.15) is 42.5 Å². The van der Waals surface area contributed by atoms with Crippen molar-refractivity contribution in [2.75, 3.05) is 14.2 Å². The van der Waals surface area contributed by atoms with Gasteiger partial charge in [-0.3, -0.25) is 4.79 Å². The fourth-order valence-corrected chi connectivity index (χ4v) is 5.83. The Morgan fingerprint density at radius 3 is 2.45 bits per heavy atom. The number of ether oxygens (including phenoxy) is 2. The van der Waals surface area contributed by atoms with E-state index in [4.69, 9.17) is 4.74 Å². The molecule has 2 N–H and O–H groups in total. The molecule has 174 valence electrons. The van der Waals surface area contributed by atoms with Gasteiger partial charge in [-0.25, -0.2) is 17.9 Å². The highest BCUT2D eigenvalue weighted by Crippen LogP contribution is 2.35. The van der Waals surface area contributed by atoms with E-state index in [1.165, 1.54) is 13.2 Å². The molecule has 33 heavy (non-hydrogen) atoms. The molecule has 1 heterocycles. The predicted molar refractivity (Wildman–Crippen MR) is 124 cm³/mol. The van der Waals surface area contributed by atoms with Crippen molar-refractivity contribution < 1.29 is 27.5 Å². The molecule has 0 atom stereocenters. The van der Waals surface area contributed by atoms with Gasteiger partial charge < -0.3 is 14.5 Å². The number of methoxy groups -OCH3 is 2. The lowest BCUT2D eigenvalue weighted by Gasteiger charge is -2.23. The summed E-state index contributed by atoms with van der Waals surface area (Å²) in [6.07, 6.45) is 4.66. The van der Waals surface area contributed by atoms with E-state index >= 15 is 0 Å². The lowest BCUT2D eigenvalue weighted by Crippen LogP contribution is -2.36. The zero-order chi connectivity index (χ0) is 23.6. The minimum Gasteiger partial charge on any atom is -0.495 e. The van der Waals surface area contributed by atoms with Crippen molar-refractivity contribution in [3.8, 4) is 17.0 Å². The Morgan fingerprint density at radius 1 is 1.03 bits per heavy atom. The van der Waals surface area contributed by atoms with Crippen molar-refractivity contribution in [3.05, 3.63) is 48.0 Å². The molecule has 0 aliphatic heterocycles. The van der Waals surface area contributed by atoms with Crippen LogP contribution in [0.3, 0.4) is 0 Å². The number of fused-ring (bicyclic) bond motifs is 1. The second kappa shape index (κ2) is 9.36. The molecule has 4 rings (SSSR count). The molecule has 1 aromatic heterocycles. The average Bonchev–Trinajstić information content (AvgIpc) is 3.22. The van der Waals surface area contributed by atoms with Gasteiger partial charge in [-0.1, -0.05) is 37.5 Å². The van der Waals surface area contributed by atoms with E-state index in [1.807, 2.05) is 0 Å². The number of benzene rings is 2. The standard InChI is InChI=1S/C24H26N2O6S/c1-31-19-13-12-15(14-20(19)33(29,30)26-16-8-4-3-5-9-16)22-21(23(27)24(28)32-2)17-10-6-7-11-18(17)25-22/h6-7,10-14,16,25-26H,3-5,8-9H2,1-2H3. The normalized spacial score (nSPS) is 14.8. The summed E-state index contributed by atoms with van der Waals surface area (Å²) >= 11 is 0. The molecular weight excluding hydrogens is 444 g/mol. The van der Waals surface area contributed by atoms with Crippen molar-refractivity contribution in [1.82, 2.24) is 9.71 Å². The predicted octanol–water partition coefficient (Wildman–Crippen LogP) is 3.81. The van der Waals surface area contributed by atoms with Gasteiger partial charge >= 0.3 is 5.97 Å². The van der Waals surface area contributed by atoms with Gasteiger partial charge in [-0.15, -0.1) is 0 Å². The zero-order valence-electron chi connectivity index (χ0n) is 18.5. The largest absolute Gasteiger partial charge is 0.495 e. The number of aromatic amines is 1. The molecular formula is C24H26N2O6S. The smallest absolute Gasteiger partial charge is 0.379 e. The Hall–Kier alpha value is -3.17. The first-order valence-electron chi connectivity index (χ1n) is 10.8. The monoisotopic (exact) mass is 470 g/mol. The van der Waals surface area contributed by atoms with Crippen LogP contribution in [0.2, 0.25) is 0 Å². The number of aromatic nitrogens is 1. The van der Waals surface area contributed by atoms with Gasteiger partial charge in [-0.2, -0.15) is 0 Å². The van der Waals surface area contributed by atoms with E-state index in [0.717, 1.165) is 39.2 Å². The fourth-order valence-electron chi connectivity index (χ4n) is 4.33. The number of rotatable bonds is 7. The second-order valence-electron chi connectivity index (χ2n) is 8.06. The molecule has 9 heteroatoms. The molecule has 0 amide bonds. The summed E-state index contributed by atoms with van der Waals surface area (Å²) in [5.74, 6) is -1.62. The SMILES string of the molecule is COC(=O)C(=O)c1c(-c2ccc(OC)c(S(=O)(=O)NC3CCCCC3)c2)[nH]c2ccccc12. The third-order valence-electron chi connectivity index (χ3n) is 5.97. The first kappa shape index (κ1) is 23.0. The van der Waals surface area contributed by atoms with Crippen LogP contribution in [0, 0.1) is 0 Å². The maximum atomic E-state index is 13.3. The number of carbonyl (C=O) groups excluding carboxylic acids is 2. The van der Waals surface area contributed by atoms with E-state index in [0.29, 0.717) is 22.2 Å². The van der Waals surface area contributed by atoms with Crippen molar-refractivity contribution >= 4 is 32.7 Å². The maximum Gasteiger partial charge on any atom is 0.379 e. The van der Waals surface area contributed by atoms with Crippen molar-refractivity contribution in [1.29, 1.82) is 0 Å². The summed E-state index contributed by atoms with van der Waals surface area (Å²) in [6, 6.07) is 11.6. The number of esters is 1. The Kier molecular flexibility index (Phi) is 6.53. The Bertz CT molecular complexity index is 1310.